The predicted molar refractivity (Wildman–Crippen MR) is 77.3 cm³/mol. The first kappa shape index (κ1) is 19.4. The fraction of sp³-hybridized carbons (Fsp3) is 0.733. The highest BCUT2D eigenvalue weighted by Gasteiger charge is 2.46. The van der Waals surface area contributed by atoms with E-state index in [2.05, 4.69) is 6.58 Å². The number of aliphatic hydroxyl groups is 1. The van der Waals surface area contributed by atoms with E-state index in [0.29, 0.717) is 0 Å². The van der Waals surface area contributed by atoms with Gasteiger partial charge in [0, 0.05) is 0 Å². The van der Waals surface area contributed by atoms with Gasteiger partial charge in [-0.15, -0.1) is 0 Å². The summed E-state index contributed by atoms with van der Waals surface area (Å²) in [5.74, 6) is -1.20. The van der Waals surface area contributed by atoms with Crippen molar-refractivity contribution in [3.63, 3.8) is 0 Å². The maximum Gasteiger partial charge on any atom is 0.325 e. The van der Waals surface area contributed by atoms with E-state index in [1.165, 1.54) is 0 Å². The summed E-state index contributed by atoms with van der Waals surface area (Å²) in [4.78, 5) is 24.0. The number of aliphatic hydroxyl groups excluding tert-OH is 1. The summed E-state index contributed by atoms with van der Waals surface area (Å²) >= 11 is 0. The molecule has 0 rings (SSSR count). The second-order valence-corrected chi connectivity index (χ2v) is 5.64. The molecule has 0 aromatic carbocycles. The van der Waals surface area contributed by atoms with Crippen molar-refractivity contribution >= 4 is 11.9 Å². The topological polar surface area (TPSA) is 82.1 Å². The second kappa shape index (κ2) is 8.02. The zero-order valence-electron chi connectivity index (χ0n) is 13.5. The van der Waals surface area contributed by atoms with Gasteiger partial charge in [-0.25, -0.2) is 0 Å². The van der Waals surface area contributed by atoms with Gasteiger partial charge in [-0.2, -0.15) is 0 Å². The Morgan fingerprint density at radius 1 is 1.00 bits per heavy atom. The summed E-state index contributed by atoms with van der Waals surface area (Å²) in [6, 6.07) is 0. The van der Waals surface area contributed by atoms with Crippen molar-refractivity contribution < 1.29 is 28.9 Å². The third-order valence-electron chi connectivity index (χ3n) is 2.85. The minimum atomic E-state index is -1.60. The van der Waals surface area contributed by atoms with Crippen molar-refractivity contribution in [1.82, 2.24) is 0 Å². The van der Waals surface area contributed by atoms with Gasteiger partial charge >= 0.3 is 11.9 Å². The van der Waals surface area contributed by atoms with Crippen LogP contribution in [0.5, 0.6) is 0 Å². The normalized spacial score (nSPS) is 14.0. The van der Waals surface area contributed by atoms with Crippen molar-refractivity contribution in [2.45, 2.75) is 34.6 Å². The van der Waals surface area contributed by atoms with Crippen LogP contribution in [0.25, 0.3) is 0 Å². The third-order valence-corrected chi connectivity index (χ3v) is 2.85. The molecule has 0 fully saturated rings. The Hall–Kier alpha value is -1.56. The van der Waals surface area contributed by atoms with Crippen LogP contribution >= 0.6 is 0 Å². The molecule has 1 atom stereocenters. The van der Waals surface area contributed by atoms with Crippen molar-refractivity contribution in [3.05, 3.63) is 12.3 Å². The number of carbonyl (C=O) groups is 2. The van der Waals surface area contributed by atoms with Gasteiger partial charge in [0.2, 0.25) is 0 Å². The molecule has 6 heteroatoms. The van der Waals surface area contributed by atoms with Gasteiger partial charge in [-0.05, 0) is 34.6 Å². The fourth-order valence-electron chi connectivity index (χ4n) is 1.44. The number of hydrogen-bond acceptors (Lipinski definition) is 6. The smallest absolute Gasteiger partial charge is 0.325 e. The average molecular weight is 302 g/mol. The highest BCUT2D eigenvalue weighted by Crippen LogP contribution is 2.30. The van der Waals surface area contributed by atoms with E-state index in [-0.39, 0.29) is 25.6 Å². The summed E-state index contributed by atoms with van der Waals surface area (Å²) < 4.78 is 15.3. The lowest BCUT2D eigenvalue weighted by Gasteiger charge is -2.31. The van der Waals surface area contributed by atoms with Crippen LogP contribution in [-0.4, -0.2) is 43.5 Å². The van der Waals surface area contributed by atoms with E-state index in [4.69, 9.17) is 14.2 Å². The molecule has 0 radical (unpaired) electrons. The number of ether oxygens (including phenoxy) is 3. The lowest BCUT2D eigenvalue weighted by molar-refractivity contribution is -0.170. The molecule has 0 spiro atoms. The van der Waals surface area contributed by atoms with Gasteiger partial charge in [0.1, 0.15) is 12.4 Å². The largest absolute Gasteiger partial charge is 0.497 e. The molecule has 0 heterocycles. The summed E-state index contributed by atoms with van der Waals surface area (Å²) in [6.45, 7) is 11.5. The molecule has 0 aliphatic rings. The van der Waals surface area contributed by atoms with Crippen LogP contribution in [0, 0.1) is 10.8 Å². The maximum absolute atomic E-state index is 12.2. The first-order chi connectivity index (χ1) is 9.65. The van der Waals surface area contributed by atoms with Crippen molar-refractivity contribution in [2.24, 2.45) is 10.8 Å². The minimum Gasteiger partial charge on any atom is -0.497 e. The Balaban J connectivity index is 5.25. The van der Waals surface area contributed by atoms with Gasteiger partial charge < -0.3 is 19.3 Å². The first-order valence-corrected chi connectivity index (χ1v) is 6.93. The summed E-state index contributed by atoms with van der Waals surface area (Å²) in [5, 5.41) is 9.65. The highest BCUT2D eigenvalue weighted by atomic mass is 16.6. The minimum absolute atomic E-state index is 0.0210. The molecule has 1 unspecified atom stereocenters. The Morgan fingerprint density at radius 2 is 1.52 bits per heavy atom. The number of hydrogen-bond donors (Lipinski definition) is 1. The molecule has 0 saturated carbocycles. The zero-order valence-corrected chi connectivity index (χ0v) is 13.5. The number of rotatable bonds is 8. The van der Waals surface area contributed by atoms with Gasteiger partial charge in [0.15, 0.2) is 5.41 Å². The van der Waals surface area contributed by atoms with E-state index >= 15 is 0 Å². The summed E-state index contributed by atoms with van der Waals surface area (Å²) in [6.07, 6.45) is 0. The van der Waals surface area contributed by atoms with Crippen LogP contribution in [0.2, 0.25) is 0 Å². The van der Waals surface area contributed by atoms with E-state index in [1.54, 1.807) is 34.6 Å². The molecular formula is C15H26O6. The molecule has 6 nitrogen and oxygen atoms in total. The molecule has 1 N–H and O–H groups in total. The molecule has 0 aromatic rings. The number of esters is 2. The van der Waals surface area contributed by atoms with Gasteiger partial charge in [-0.3, -0.25) is 9.59 Å². The van der Waals surface area contributed by atoms with Crippen LogP contribution < -0.4 is 0 Å². The second-order valence-electron chi connectivity index (χ2n) is 5.64. The molecule has 0 aromatic heterocycles. The summed E-state index contributed by atoms with van der Waals surface area (Å²) in [5.41, 5.74) is -2.32. The lowest BCUT2D eigenvalue weighted by Crippen LogP contribution is -2.44. The Morgan fingerprint density at radius 3 is 1.90 bits per heavy atom. The SMILES string of the molecule is C=C(OCC)C(CO)(COC(=O)C(C)(C)C)C(=O)OCC. The molecule has 0 amide bonds. The van der Waals surface area contributed by atoms with Crippen molar-refractivity contribution in [2.75, 3.05) is 26.4 Å². The number of carbonyl (C=O) groups excluding carboxylic acids is 2. The highest BCUT2D eigenvalue weighted by molar-refractivity contribution is 5.81. The predicted octanol–water partition coefficient (Wildman–Crippen LogP) is 1.67. The monoisotopic (exact) mass is 302 g/mol. The van der Waals surface area contributed by atoms with E-state index in [9.17, 15) is 14.7 Å². The molecule has 0 saturated heterocycles. The van der Waals surface area contributed by atoms with Gasteiger partial charge in [0.05, 0.1) is 25.2 Å². The van der Waals surface area contributed by atoms with Gasteiger partial charge in [-0.1, -0.05) is 6.58 Å². The van der Waals surface area contributed by atoms with Crippen LogP contribution in [-0.2, 0) is 23.8 Å². The molecular weight excluding hydrogens is 276 g/mol. The molecule has 0 bridgehead atoms. The Labute approximate surface area is 126 Å². The van der Waals surface area contributed by atoms with E-state index in [0.717, 1.165) is 0 Å². The Bertz CT molecular complexity index is 362. The maximum atomic E-state index is 12.2. The van der Waals surface area contributed by atoms with Crippen LogP contribution in [0.1, 0.15) is 34.6 Å². The third kappa shape index (κ3) is 5.04. The van der Waals surface area contributed by atoms with Crippen molar-refractivity contribution in [1.29, 1.82) is 0 Å². The zero-order chi connectivity index (χ0) is 16.7. The quantitative estimate of drug-likeness (QED) is 0.542. The van der Waals surface area contributed by atoms with Crippen LogP contribution in [0.3, 0.4) is 0 Å². The van der Waals surface area contributed by atoms with Gasteiger partial charge in [0.25, 0.3) is 0 Å². The Kier molecular flexibility index (Phi) is 7.43. The van der Waals surface area contributed by atoms with E-state index < -0.39 is 29.4 Å². The lowest BCUT2D eigenvalue weighted by atomic mass is 9.87. The molecule has 122 valence electrons. The average Bonchev–Trinajstić information content (AvgIpc) is 2.39. The van der Waals surface area contributed by atoms with Crippen LogP contribution in [0.4, 0.5) is 0 Å². The standard InChI is InChI=1S/C15H26O6/c1-7-19-11(3)15(9-16,13(18)20-8-2)10-21-12(17)14(4,5)6/h16H,3,7-10H2,1-2,4-6H3. The fourth-order valence-corrected chi connectivity index (χ4v) is 1.44. The summed E-state index contributed by atoms with van der Waals surface area (Å²) in [7, 11) is 0. The molecule has 21 heavy (non-hydrogen) atoms. The van der Waals surface area contributed by atoms with Crippen molar-refractivity contribution in [3.8, 4) is 0 Å². The van der Waals surface area contributed by atoms with Crippen LogP contribution in [0.15, 0.2) is 12.3 Å². The molecule has 0 aliphatic carbocycles. The first-order valence-electron chi connectivity index (χ1n) is 6.93. The van der Waals surface area contributed by atoms with E-state index in [1.807, 2.05) is 0 Å². The molecule has 0 aliphatic heterocycles.